The van der Waals surface area contributed by atoms with Crippen molar-refractivity contribution >= 4 is 50.7 Å². The molecule has 3 saturated heterocycles. The van der Waals surface area contributed by atoms with Crippen LogP contribution in [-0.2, 0) is 19.1 Å². The lowest BCUT2D eigenvalue weighted by Gasteiger charge is -2.34. The highest BCUT2D eigenvalue weighted by molar-refractivity contribution is 9.09. The molecule has 3 aliphatic rings. The number of ether oxygens (including phenoxy) is 2. The lowest BCUT2D eigenvalue weighted by Crippen LogP contribution is -2.54. The fraction of sp³-hybridized carbons (Fsp3) is 0.545. The third kappa shape index (κ3) is 6.06. The summed E-state index contributed by atoms with van der Waals surface area (Å²) in [7, 11) is 0. The maximum Gasteiger partial charge on any atom is 0.250 e. The highest BCUT2D eigenvalue weighted by Crippen LogP contribution is 2.60. The minimum Gasteiger partial charge on any atom is -0.494 e. The third-order valence-corrected chi connectivity index (χ3v) is 9.94. The van der Waals surface area contributed by atoms with Gasteiger partial charge in [0.05, 0.1) is 24.5 Å². The molecule has 6 atom stereocenters. The van der Waals surface area contributed by atoms with Crippen LogP contribution in [0.25, 0.3) is 0 Å². The fourth-order valence-corrected chi connectivity index (χ4v) is 8.07. The minimum atomic E-state index is -1.14. The number of unbranched alkanes of at least 4 members (excludes halogenated alkanes) is 2. The molecule has 1 spiro atoms. The van der Waals surface area contributed by atoms with Crippen molar-refractivity contribution in [1.29, 1.82) is 0 Å². The molecule has 0 saturated carbocycles. The van der Waals surface area contributed by atoms with Crippen molar-refractivity contribution in [2.24, 2.45) is 11.8 Å². The molecule has 0 aromatic heterocycles. The summed E-state index contributed by atoms with van der Waals surface area (Å²) in [6.45, 7) is 8.80. The summed E-state index contributed by atoms with van der Waals surface area (Å²) in [6, 6.07) is 13.9. The normalized spacial score (nSPS) is 26.9. The van der Waals surface area contributed by atoms with Crippen molar-refractivity contribution in [2.75, 3.05) is 48.4 Å². The van der Waals surface area contributed by atoms with Crippen LogP contribution in [0.4, 0.5) is 17.1 Å². The topological polar surface area (TPSA) is 120 Å². The Kier molecular flexibility index (Phi) is 10.2. The van der Waals surface area contributed by atoms with E-state index in [1.165, 1.54) is 0 Å². The number of nitrogens with one attached hydrogen (secondary N) is 2. The van der Waals surface area contributed by atoms with Crippen LogP contribution < -0.4 is 20.3 Å². The molecule has 3 amide bonds. The lowest BCUT2D eigenvalue weighted by molar-refractivity contribution is -0.139. The molecular formula is C33H43BrN4O6. The van der Waals surface area contributed by atoms with Gasteiger partial charge in [-0.05, 0) is 95.0 Å². The van der Waals surface area contributed by atoms with Gasteiger partial charge in [-0.2, -0.15) is 0 Å². The van der Waals surface area contributed by atoms with Gasteiger partial charge in [-0.1, -0.05) is 15.9 Å². The van der Waals surface area contributed by atoms with Crippen LogP contribution in [0.5, 0.6) is 5.75 Å². The molecule has 0 radical (unpaired) electrons. The maximum absolute atomic E-state index is 14.2. The number of halogens is 1. The van der Waals surface area contributed by atoms with Crippen LogP contribution in [0.3, 0.4) is 0 Å². The van der Waals surface area contributed by atoms with Crippen molar-refractivity contribution in [2.45, 2.75) is 69.0 Å². The van der Waals surface area contributed by atoms with Crippen LogP contribution in [0.1, 0.15) is 46.5 Å². The number of likely N-dealkylation sites (tertiary alicyclic amines) is 1. The van der Waals surface area contributed by atoms with Gasteiger partial charge >= 0.3 is 0 Å². The predicted octanol–water partition coefficient (Wildman–Crippen LogP) is 4.42. The van der Waals surface area contributed by atoms with Crippen LogP contribution in [0.2, 0.25) is 0 Å². The average Bonchev–Trinajstić information content (AvgIpc) is 3.61. The molecule has 238 valence electrons. The molecule has 0 aliphatic carbocycles. The van der Waals surface area contributed by atoms with Crippen molar-refractivity contribution < 1.29 is 29.0 Å². The van der Waals surface area contributed by atoms with Crippen molar-refractivity contribution in [1.82, 2.24) is 4.90 Å². The first-order chi connectivity index (χ1) is 21.3. The van der Waals surface area contributed by atoms with E-state index in [1.807, 2.05) is 31.2 Å². The Hall–Kier alpha value is -3.15. The number of nitrogens with zero attached hydrogens (tertiary/aromatic N) is 2. The molecule has 2 aromatic rings. The molecule has 44 heavy (non-hydrogen) atoms. The number of aliphatic hydroxyl groups excluding tert-OH is 1. The molecule has 11 heteroatoms. The Labute approximate surface area is 267 Å². The third-order valence-electron chi connectivity index (χ3n) is 9.09. The number of alkyl halides is 1. The van der Waals surface area contributed by atoms with Gasteiger partial charge in [0, 0.05) is 48.1 Å². The first-order valence-electron chi connectivity index (χ1n) is 15.7. The summed E-state index contributed by atoms with van der Waals surface area (Å²) in [4.78, 5) is 45.7. The van der Waals surface area contributed by atoms with Crippen LogP contribution in [0.15, 0.2) is 48.5 Å². The Bertz CT molecular complexity index is 1320. The van der Waals surface area contributed by atoms with E-state index in [9.17, 15) is 19.5 Å². The number of rotatable bonds is 14. The quantitative estimate of drug-likeness (QED) is 0.201. The van der Waals surface area contributed by atoms with E-state index in [2.05, 4.69) is 45.3 Å². The van der Waals surface area contributed by atoms with Crippen LogP contribution in [0, 0.1) is 11.8 Å². The van der Waals surface area contributed by atoms with Crippen LogP contribution >= 0.6 is 15.9 Å². The predicted molar refractivity (Wildman–Crippen MR) is 173 cm³/mol. The summed E-state index contributed by atoms with van der Waals surface area (Å²) in [5, 5.41) is 15.3. The molecule has 3 aliphatic heterocycles. The number of carbonyl (C=O) groups excluding carboxylic acids is 3. The highest BCUT2D eigenvalue weighted by Gasteiger charge is 2.76. The van der Waals surface area contributed by atoms with Crippen molar-refractivity contribution in [3.05, 3.63) is 48.5 Å². The number of aliphatic hydroxyl groups is 1. The Morgan fingerprint density at radius 1 is 1.00 bits per heavy atom. The van der Waals surface area contributed by atoms with Gasteiger partial charge in [-0.3, -0.25) is 14.4 Å². The number of amides is 3. The smallest absolute Gasteiger partial charge is 0.250 e. The molecule has 10 nitrogen and oxygen atoms in total. The Morgan fingerprint density at radius 2 is 1.64 bits per heavy atom. The lowest BCUT2D eigenvalue weighted by atomic mass is 9.70. The first kappa shape index (κ1) is 32.2. The number of carbonyl (C=O) groups is 3. The molecule has 3 fully saturated rings. The second kappa shape index (κ2) is 13.9. The zero-order valence-corrected chi connectivity index (χ0v) is 27.2. The van der Waals surface area contributed by atoms with E-state index in [4.69, 9.17) is 9.47 Å². The summed E-state index contributed by atoms with van der Waals surface area (Å²) >= 11 is 3.72. The van der Waals surface area contributed by atoms with Gasteiger partial charge in [-0.25, -0.2) is 0 Å². The number of benzene rings is 2. The second-order valence-electron chi connectivity index (χ2n) is 11.6. The van der Waals surface area contributed by atoms with Crippen molar-refractivity contribution in [3.63, 3.8) is 0 Å². The zero-order chi connectivity index (χ0) is 31.4. The summed E-state index contributed by atoms with van der Waals surface area (Å²) in [5.74, 6) is -1.73. The molecule has 3 heterocycles. The molecular weight excluding hydrogens is 628 g/mol. The Balaban J connectivity index is 1.41. The van der Waals surface area contributed by atoms with Crippen molar-refractivity contribution in [3.8, 4) is 5.75 Å². The maximum atomic E-state index is 14.2. The summed E-state index contributed by atoms with van der Waals surface area (Å²) in [5.41, 5.74) is 1.15. The fourth-order valence-electron chi connectivity index (χ4n) is 7.12. The standard InChI is InChI=1S/C33H43BrN4O6/c1-4-37(5-2)23-14-10-21(11-15-23)36-31(41)29-33-20-25(34)28(44-33)26(27(33)32(42)38(29)18-8-7-9-19-39)30(40)35-22-12-16-24(17-13-22)43-6-3/h10-17,25-29,39H,4-9,18-20H2,1-3H3,(H,35,40)(H,36,41)/t25?,26-,27-,28-,29?,33?/m0/s1. The minimum absolute atomic E-state index is 0.0672. The van der Waals surface area contributed by atoms with Crippen LogP contribution in [-0.4, -0.2) is 83.2 Å². The van der Waals surface area contributed by atoms with E-state index >= 15 is 0 Å². The van der Waals surface area contributed by atoms with Gasteiger partial charge in [-0.15, -0.1) is 0 Å². The molecule has 2 aromatic carbocycles. The zero-order valence-electron chi connectivity index (χ0n) is 25.6. The van der Waals surface area contributed by atoms with Gasteiger partial charge in [0.25, 0.3) is 0 Å². The van der Waals surface area contributed by atoms with Gasteiger partial charge in [0.1, 0.15) is 17.4 Å². The molecule has 5 rings (SSSR count). The SMILES string of the molecule is CCOc1ccc(NC(=O)[C@H]2[C@H]3C(=O)N(CCCCCO)C(C(=O)Nc4ccc(N(CC)CC)cc4)C34CC(Br)[C@@H]2O4)cc1. The number of hydrogen-bond donors (Lipinski definition) is 3. The largest absolute Gasteiger partial charge is 0.494 e. The van der Waals surface area contributed by atoms with E-state index in [0.717, 1.165) is 18.8 Å². The van der Waals surface area contributed by atoms with E-state index in [-0.39, 0.29) is 29.2 Å². The highest BCUT2D eigenvalue weighted by atomic mass is 79.9. The number of hydrogen-bond acceptors (Lipinski definition) is 7. The number of fused-ring (bicyclic) bond motifs is 1. The monoisotopic (exact) mass is 670 g/mol. The molecule has 2 bridgehead atoms. The average molecular weight is 672 g/mol. The summed E-state index contributed by atoms with van der Waals surface area (Å²) < 4.78 is 12.1. The van der Waals surface area contributed by atoms with Gasteiger partial charge in [0.2, 0.25) is 17.7 Å². The Morgan fingerprint density at radius 3 is 2.25 bits per heavy atom. The molecule has 3 unspecified atom stereocenters. The summed E-state index contributed by atoms with van der Waals surface area (Å²) in [6.07, 6.45) is 1.84. The first-order valence-corrected chi connectivity index (χ1v) is 16.6. The van der Waals surface area contributed by atoms with E-state index in [1.54, 1.807) is 29.2 Å². The van der Waals surface area contributed by atoms with Gasteiger partial charge < -0.3 is 35.0 Å². The van der Waals surface area contributed by atoms with E-state index in [0.29, 0.717) is 56.0 Å². The van der Waals surface area contributed by atoms with Gasteiger partial charge in [0.15, 0.2) is 0 Å². The number of anilines is 3. The second-order valence-corrected chi connectivity index (χ2v) is 12.8. The molecule has 3 N–H and O–H groups in total. The van der Waals surface area contributed by atoms with E-state index < -0.39 is 29.6 Å².